The van der Waals surface area contributed by atoms with E-state index in [9.17, 15) is 0 Å². The largest absolute Gasteiger partial charge is 0.110 e. The summed E-state index contributed by atoms with van der Waals surface area (Å²) in [5, 5.41) is 0. The van der Waals surface area contributed by atoms with E-state index in [1.165, 1.54) is 25.7 Å². The van der Waals surface area contributed by atoms with Crippen molar-refractivity contribution in [2.75, 3.05) is 0 Å². The van der Waals surface area contributed by atoms with Crippen molar-refractivity contribution in [1.82, 2.24) is 0 Å². The Balaban J connectivity index is 4.21. The Morgan fingerprint density at radius 2 is 1.67 bits per heavy atom. The molecule has 71 valence electrons. The summed E-state index contributed by atoms with van der Waals surface area (Å²) in [5.41, 5.74) is 0.546. The van der Waals surface area contributed by atoms with E-state index in [0.29, 0.717) is 5.41 Å². The van der Waals surface area contributed by atoms with Crippen LogP contribution in [-0.4, -0.2) is 7.28 Å². The summed E-state index contributed by atoms with van der Waals surface area (Å²) in [6.07, 6.45) is 5.27. The number of rotatable bonds is 6. The average molecular weight is 167 g/mol. The highest BCUT2D eigenvalue weighted by Gasteiger charge is 2.28. The van der Waals surface area contributed by atoms with Crippen LogP contribution in [0, 0.1) is 5.41 Å². The van der Waals surface area contributed by atoms with Crippen LogP contribution < -0.4 is 0 Å². The molecule has 0 spiro atoms. The van der Waals surface area contributed by atoms with Crippen LogP contribution in [0.4, 0.5) is 0 Å². The Morgan fingerprint density at radius 1 is 1.17 bits per heavy atom. The summed E-state index contributed by atoms with van der Waals surface area (Å²) >= 11 is 0. The van der Waals surface area contributed by atoms with Gasteiger partial charge in [0, 0.05) is 0 Å². The van der Waals surface area contributed by atoms with E-state index in [4.69, 9.17) is 0 Å². The third-order valence-corrected chi connectivity index (χ3v) is 3.51. The van der Waals surface area contributed by atoms with Crippen LogP contribution in [0.25, 0.3) is 0 Å². The first-order chi connectivity index (χ1) is 5.64. The molecule has 0 N–H and O–H groups in total. The molecular weight excluding hydrogens is 143 g/mol. The molecule has 1 unspecified atom stereocenters. The Hall–Kier alpha value is 0.0649. The molecule has 0 heterocycles. The summed E-state index contributed by atoms with van der Waals surface area (Å²) in [4.78, 5) is 0. The molecule has 1 heteroatoms. The summed E-state index contributed by atoms with van der Waals surface area (Å²) in [6.45, 7) is 11.5. The van der Waals surface area contributed by atoms with E-state index in [2.05, 4.69) is 41.8 Å². The lowest BCUT2D eigenvalue weighted by Crippen LogP contribution is -2.24. The van der Waals surface area contributed by atoms with E-state index < -0.39 is 0 Å². The summed E-state index contributed by atoms with van der Waals surface area (Å²) in [7, 11) is 2.40. The zero-order valence-corrected chi connectivity index (χ0v) is 9.48. The second-order valence-electron chi connectivity index (χ2n) is 4.09. The molecule has 0 aliphatic carbocycles. The van der Waals surface area contributed by atoms with Crippen molar-refractivity contribution in [3.05, 3.63) is 0 Å². The van der Waals surface area contributed by atoms with Gasteiger partial charge in [-0.1, -0.05) is 66.0 Å². The quantitative estimate of drug-likeness (QED) is 0.521. The maximum atomic E-state index is 2.42. The highest BCUT2D eigenvalue weighted by Crippen LogP contribution is 2.41. The summed E-state index contributed by atoms with van der Waals surface area (Å²) in [5.74, 6) is 0.817. The van der Waals surface area contributed by atoms with Crippen molar-refractivity contribution >= 4 is 7.28 Å². The fourth-order valence-corrected chi connectivity index (χ4v) is 2.00. The standard InChI is InChI=1S/C11H24B/c1-6-9-10(12-5)11(4,7-2)8-3/h10H,6-9H2,1-5H3. The van der Waals surface area contributed by atoms with E-state index in [1.807, 2.05) is 0 Å². The van der Waals surface area contributed by atoms with Gasteiger partial charge in [-0.05, 0) is 5.41 Å². The Kier molecular flexibility index (Phi) is 5.70. The molecular formula is C11H24B. The predicted octanol–water partition coefficient (Wildman–Crippen LogP) is 4.15. The first-order valence-electron chi connectivity index (χ1n) is 5.44. The minimum atomic E-state index is 0.546. The van der Waals surface area contributed by atoms with Crippen LogP contribution in [0.5, 0.6) is 0 Å². The van der Waals surface area contributed by atoms with Crippen LogP contribution in [0.15, 0.2) is 0 Å². The van der Waals surface area contributed by atoms with Gasteiger partial charge in [-0.2, -0.15) is 0 Å². The normalized spacial score (nSPS) is 14.4. The SMILES string of the molecule is C[B]C(CCC)C(C)(CC)CC. The molecule has 0 saturated carbocycles. The first kappa shape index (κ1) is 12.1. The molecule has 0 fully saturated rings. The number of hydrogen-bond donors (Lipinski definition) is 0. The molecule has 0 saturated heterocycles. The summed E-state index contributed by atoms with van der Waals surface area (Å²) < 4.78 is 0. The third kappa shape index (κ3) is 2.84. The lowest BCUT2D eigenvalue weighted by molar-refractivity contribution is 0.264. The maximum absolute atomic E-state index is 2.42. The Labute approximate surface area is 79.4 Å². The van der Waals surface area contributed by atoms with Gasteiger partial charge in [-0.25, -0.2) is 0 Å². The molecule has 0 bridgehead atoms. The van der Waals surface area contributed by atoms with E-state index in [0.717, 1.165) is 5.82 Å². The highest BCUT2D eigenvalue weighted by molar-refractivity contribution is 6.36. The van der Waals surface area contributed by atoms with E-state index in [-0.39, 0.29) is 0 Å². The van der Waals surface area contributed by atoms with Gasteiger partial charge < -0.3 is 0 Å². The molecule has 0 aromatic carbocycles. The zero-order chi connectivity index (χ0) is 9.61. The molecule has 0 aliphatic heterocycles. The van der Waals surface area contributed by atoms with Crippen LogP contribution in [0.2, 0.25) is 12.6 Å². The van der Waals surface area contributed by atoms with Crippen LogP contribution in [0.1, 0.15) is 53.4 Å². The maximum Gasteiger partial charge on any atom is 0.110 e. The average Bonchev–Trinajstić information content (AvgIpc) is 2.13. The van der Waals surface area contributed by atoms with Gasteiger partial charge in [0.15, 0.2) is 0 Å². The minimum absolute atomic E-state index is 0.546. The van der Waals surface area contributed by atoms with Gasteiger partial charge in [0.25, 0.3) is 0 Å². The van der Waals surface area contributed by atoms with Gasteiger partial charge in [0.05, 0.1) is 0 Å². The lowest BCUT2D eigenvalue weighted by Gasteiger charge is -2.35. The highest BCUT2D eigenvalue weighted by atomic mass is 14.3. The first-order valence-corrected chi connectivity index (χ1v) is 5.44. The lowest BCUT2D eigenvalue weighted by atomic mass is 9.52. The van der Waals surface area contributed by atoms with Crippen molar-refractivity contribution in [3.63, 3.8) is 0 Å². The van der Waals surface area contributed by atoms with Gasteiger partial charge in [-0.15, -0.1) is 0 Å². The molecule has 0 aliphatic rings. The summed E-state index contributed by atoms with van der Waals surface area (Å²) in [6, 6.07) is 0. The van der Waals surface area contributed by atoms with Gasteiger partial charge in [0.2, 0.25) is 0 Å². The fraction of sp³-hybridized carbons (Fsp3) is 1.00. The van der Waals surface area contributed by atoms with Crippen molar-refractivity contribution < 1.29 is 0 Å². The van der Waals surface area contributed by atoms with Gasteiger partial charge in [-0.3, -0.25) is 0 Å². The van der Waals surface area contributed by atoms with E-state index >= 15 is 0 Å². The van der Waals surface area contributed by atoms with Crippen molar-refractivity contribution in [2.24, 2.45) is 5.41 Å². The number of hydrogen-bond acceptors (Lipinski definition) is 0. The smallest absolute Gasteiger partial charge is 0.0917 e. The van der Waals surface area contributed by atoms with Gasteiger partial charge >= 0.3 is 0 Å². The van der Waals surface area contributed by atoms with Crippen LogP contribution >= 0.6 is 0 Å². The van der Waals surface area contributed by atoms with Crippen LogP contribution in [0.3, 0.4) is 0 Å². The second kappa shape index (κ2) is 5.67. The van der Waals surface area contributed by atoms with Crippen molar-refractivity contribution in [3.8, 4) is 0 Å². The molecule has 0 aromatic rings. The predicted molar refractivity (Wildman–Crippen MR) is 59.0 cm³/mol. The molecule has 1 atom stereocenters. The Bertz CT molecular complexity index is 106. The molecule has 1 radical (unpaired) electrons. The second-order valence-corrected chi connectivity index (χ2v) is 4.09. The molecule has 0 nitrogen and oxygen atoms in total. The molecule has 0 amide bonds. The van der Waals surface area contributed by atoms with Crippen molar-refractivity contribution in [2.45, 2.75) is 66.0 Å². The third-order valence-electron chi connectivity index (χ3n) is 3.51. The van der Waals surface area contributed by atoms with Crippen LogP contribution in [-0.2, 0) is 0 Å². The molecule has 0 aromatic heterocycles. The Morgan fingerprint density at radius 3 is 1.92 bits per heavy atom. The van der Waals surface area contributed by atoms with Gasteiger partial charge in [0.1, 0.15) is 7.28 Å². The monoisotopic (exact) mass is 167 g/mol. The zero-order valence-electron chi connectivity index (χ0n) is 9.48. The topological polar surface area (TPSA) is 0 Å². The molecule has 12 heavy (non-hydrogen) atoms. The van der Waals surface area contributed by atoms with Crippen molar-refractivity contribution in [1.29, 1.82) is 0 Å². The molecule has 0 rings (SSSR count). The fourth-order valence-electron chi connectivity index (χ4n) is 2.00. The minimum Gasteiger partial charge on any atom is -0.0917 e. The van der Waals surface area contributed by atoms with E-state index in [1.54, 1.807) is 0 Å².